The molecular formula is C13H17BrClNO2. The SMILES string of the molecule is CC(C)(C)C(O)CNC(=O)c1ccc(Br)cc1Cl. The van der Waals surface area contributed by atoms with Gasteiger partial charge >= 0.3 is 0 Å². The zero-order valence-electron chi connectivity index (χ0n) is 10.6. The molecule has 0 bridgehead atoms. The van der Waals surface area contributed by atoms with Crippen LogP contribution in [-0.2, 0) is 0 Å². The van der Waals surface area contributed by atoms with Crippen LogP contribution >= 0.6 is 27.5 Å². The molecule has 1 rings (SSSR count). The van der Waals surface area contributed by atoms with E-state index >= 15 is 0 Å². The highest BCUT2D eigenvalue weighted by atomic mass is 79.9. The molecule has 1 amide bonds. The van der Waals surface area contributed by atoms with Crippen LogP contribution in [0, 0.1) is 5.41 Å². The fourth-order valence-corrected chi connectivity index (χ4v) is 2.02. The van der Waals surface area contributed by atoms with Crippen LogP contribution in [0.5, 0.6) is 0 Å². The van der Waals surface area contributed by atoms with Gasteiger partial charge in [0.25, 0.3) is 5.91 Å². The van der Waals surface area contributed by atoms with Crippen LogP contribution in [0.2, 0.25) is 5.02 Å². The summed E-state index contributed by atoms with van der Waals surface area (Å²) in [7, 11) is 0. The van der Waals surface area contributed by atoms with Gasteiger partial charge in [-0.25, -0.2) is 0 Å². The largest absolute Gasteiger partial charge is 0.391 e. The van der Waals surface area contributed by atoms with Crippen molar-refractivity contribution in [2.45, 2.75) is 26.9 Å². The summed E-state index contributed by atoms with van der Waals surface area (Å²) in [4.78, 5) is 11.9. The van der Waals surface area contributed by atoms with Gasteiger partial charge < -0.3 is 10.4 Å². The zero-order valence-corrected chi connectivity index (χ0v) is 13.0. The second-order valence-electron chi connectivity index (χ2n) is 5.22. The Kier molecular flexibility index (Phi) is 5.20. The molecule has 1 aromatic rings. The Labute approximate surface area is 121 Å². The normalized spacial score (nSPS) is 13.2. The quantitative estimate of drug-likeness (QED) is 0.891. The minimum Gasteiger partial charge on any atom is -0.391 e. The molecule has 0 aliphatic heterocycles. The van der Waals surface area contributed by atoms with E-state index in [-0.39, 0.29) is 17.9 Å². The molecule has 0 fully saturated rings. The minimum atomic E-state index is -0.601. The summed E-state index contributed by atoms with van der Waals surface area (Å²) in [5, 5.41) is 12.9. The topological polar surface area (TPSA) is 49.3 Å². The summed E-state index contributed by atoms with van der Waals surface area (Å²) < 4.78 is 0.818. The third-order valence-electron chi connectivity index (χ3n) is 2.63. The molecule has 18 heavy (non-hydrogen) atoms. The average Bonchev–Trinajstić information content (AvgIpc) is 2.24. The van der Waals surface area contributed by atoms with Crippen molar-refractivity contribution in [3.05, 3.63) is 33.3 Å². The van der Waals surface area contributed by atoms with E-state index in [0.29, 0.717) is 10.6 Å². The Hall–Kier alpha value is -0.580. The fraction of sp³-hybridized carbons (Fsp3) is 0.462. The molecule has 0 heterocycles. The highest BCUT2D eigenvalue weighted by molar-refractivity contribution is 9.10. The number of halogens is 2. The first-order valence-corrected chi connectivity index (χ1v) is 6.80. The first-order chi connectivity index (χ1) is 8.21. The van der Waals surface area contributed by atoms with Crippen LogP contribution in [0.4, 0.5) is 0 Å². The molecule has 5 heteroatoms. The Balaban J connectivity index is 2.66. The lowest BCUT2D eigenvalue weighted by atomic mass is 9.89. The Morgan fingerprint density at radius 1 is 1.50 bits per heavy atom. The molecule has 0 spiro atoms. The van der Waals surface area contributed by atoms with Crippen molar-refractivity contribution < 1.29 is 9.90 Å². The number of hydrogen-bond acceptors (Lipinski definition) is 2. The van der Waals surface area contributed by atoms with Gasteiger partial charge in [0.2, 0.25) is 0 Å². The van der Waals surface area contributed by atoms with E-state index in [9.17, 15) is 9.90 Å². The van der Waals surface area contributed by atoms with Gasteiger partial charge in [-0.15, -0.1) is 0 Å². The van der Waals surface area contributed by atoms with Gasteiger partial charge in [-0.1, -0.05) is 48.3 Å². The number of aliphatic hydroxyl groups excluding tert-OH is 1. The summed E-state index contributed by atoms with van der Waals surface area (Å²) in [6, 6.07) is 5.06. The van der Waals surface area contributed by atoms with E-state index < -0.39 is 6.10 Å². The summed E-state index contributed by atoms with van der Waals surface area (Å²) >= 11 is 9.25. The van der Waals surface area contributed by atoms with Gasteiger partial charge in [0.05, 0.1) is 16.7 Å². The third-order valence-corrected chi connectivity index (χ3v) is 3.44. The predicted octanol–water partition coefficient (Wildman–Crippen LogP) is 3.24. The Morgan fingerprint density at radius 2 is 2.11 bits per heavy atom. The van der Waals surface area contributed by atoms with Crippen molar-refractivity contribution in [1.82, 2.24) is 5.32 Å². The zero-order chi connectivity index (χ0) is 13.9. The van der Waals surface area contributed by atoms with Crippen molar-refractivity contribution >= 4 is 33.4 Å². The number of nitrogens with one attached hydrogen (secondary N) is 1. The summed E-state index contributed by atoms with van der Waals surface area (Å²) in [5.74, 6) is -0.282. The van der Waals surface area contributed by atoms with E-state index in [2.05, 4.69) is 21.2 Å². The monoisotopic (exact) mass is 333 g/mol. The minimum absolute atomic E-state index is 0.203. The van der Waals surface area contributed by atoms with Crippen LogP contribution < -0.4 is 5.32 Å². The van der Waals surface area contributed by atoms with E-state index in [1.165, 1.54) is 0 Å². The number of amides is 1. The molecule has 0 radical (unpaired) electrons. The molecule has 1 aromatic carbocycles. The van der Waals surface area contributed by atoms with Crippen LogP contribution in [0.25, 0.3) is 0 Å². The van der Waals surface area contributed by atoms with E-state index in [4.69, 9.17) is 11.6 Å². The van der Waals surface area contributed by atoms with E-state index in [1.807, 2.05) is 20.8 Å². The molecule has 100 valence electrons. The number of carbonyl (C=O) groups is 1. The number of hydrogen-bond donors (Lipinski definition) is 2. The van der Waals surface area contributed by atoms with Gasteiger partial charge in [0.15, 0.2) is 0 Å². The molecule has 2 N–H and O–H groups in total. The highest BCUT2D eigenvalue weighted by Crippen LogP contribution is 2.22. The van der Waals surface area contributed by atoms with Crippen LogP contribution in [0.15, 0.2) is 22.7 Å². The predicted molar refractivity (Wildman–Crippen MR) is 76.9 cm³/mol. The molecule has 1 unspecified atom stereocenters. The van der Waals surface area contributed by atoms with Crippen molar-refractivity contribution in [1.29, 1.82) is 0 Å². The van der Waals surface area contributed by atoms with Crippen LogP contribution in [-0.4, -0.2) is 23.7 Å². The summed E-state index contributed by atoms with van der Waals surface area (Å²) in [6.45, 7) is 5.94. The molecule has 0 aliphatic rings. The van der Waals surface area contributed by atoms with Gasteiger partial charge in [0.1, 0.15) is 0 Å². The Bertz CT molecular complexity index is 443. The molecule has 0 aromatic heterocycles. The van der Waals surface area contributed by atoms with E-state index in [0.717, 1.165) is 4.47 Å². The number of rotatable bonds is 3. The third kappa shape index (κ3) is 4.26. The standard InChI is InChI=1S/C13H17BrClNO2/c1-13(2,3)11(17)7-16-12(18)9-5-4-8(14)6-10(9)15/h4-6,11,17H,7H2,1-3H3,(H,16,18). The molecular weight excluding hydrogens is 318 g/mol. The van der Waals surface area contributed by atoms with Gasteiger partial charge in [-0.05, 0) is 23.6 Å². The first kappa shape index (κ1) is 15.5. The lowest BCUT2D eigenvalue weighted by Gasteiger charge is -2.25. The average molecular weight is 335 g/mol. The van der Waals surface area contributed by atoms with Crippen LogP contribution in [0.3, 0.4) is 0 Å². The highest BCUT2D eigenvalue weighted by Gasteiger charge is 2.22. The molecule has 0 saturated carbocycles. The number of benzene rings is 1. The van der Waals surface area contributed by atoms with E-state index in [1.54, 1.807) is 18.2 Å². The second kappa shape index (κ2) is 6.04. The molecule has 0 saturated heterocycles. The maximum atomic E-state index is 11.9. The van der Waals surface area contributed by atoms with Gasteiger partial charge in [-0.3, -0.25) is 4.79 Å². The maximum Gasteiger partial charge on any atom is 0.252 e. The maximum absolute atomic E-state index is 11.9. The van der Waals surface area contributed by atoms with Gasteiger partial charge in [-0.2, -0.15) is 0 Å². The van der Waals surface area contributed by atoms with Crippen LogP contribution in [0.1, 0.15) is 31.1 Å². The molecule has 1 atom stereocenters. The summed E-state index contributed by atoms with van der Waals surface area (Å²) in [5.41, 5.74) is 0.137. The smallest absolute Gasteiger partial charge is 0.252 e. The first-order valence-electron chi connectivity index (χ1n) is 5.63. The van der Waals surface area contributed by atoms with Crippen molar-refractivity contribution in [3.8, 4) is 0 Å². The second-order valence-corrected chi connectivity index (χ2v) is 6.54. The lowest BCUT2D eigenvalue weighted by molar-refractivity contribution is 0.0587. The number of aliphatic hydroxyl groups is 1. The summed E-state index contributed by atoms with van der Waals surface area (Å²) in [6.07, 6.45) is -0.601. The van der Waals surface area contributed by atoms with Crippen molar-refractivity contribution in [3.63, 3.8) is 0 Å². The Morgan fingerprint density at radius 3 is 2.61 bits per heavy atom. The van der Waals surface area contributed by atoms with Crippen molar-refractivity contribution in [2.75, 3.05) is 6.54 Å². The number of carbonyl (C=O) groups excluding carboxylic acids is 1. The van der Waals surface area contributed by atoms with Gasteiger partial charge in [0, 0.05) is 11.0 Å². The molecule has 3 nitrogen and oxygen atoms in total. The van der Waals surface area contributed by atoms with Crippen molar-refractivity contribution in [2.24, 2.45) is 5.41 Å². The fourth-order valence-electron chi connectivity index (χ4n) is 1.26. The lowest BCUT2D eigenvalue weighted by Crippen LogP contribution is -2.39. The molecule has 0 aliphatic carbocycles.